The number of anilines is 1. The summed E-state index contributed by atoms with van der Waals surface area (Å²) < 4.78 is 0. The summed E-state index contributed by atoms with van der Waals surface area (Å²) in [7, 11) is 0. The zero-order valence-electron chi connectivity index (χ0n) is 18.6. The molecule has 0 aromatic heterocycles. The standard InChI is InChI=1S/C26H30Cl2N4O/c27-23-15-24(28)17-25(16-23)32-26(33)31-18-22(11-14-30-13-4-12-29)21-9-7-20(8-10-21)19-5-2-1-3-6-19/h1-3,5-10,15-17,22,30H,4,11-14,18,29H2,(H2,31,32,33)/p+1. The van der Waals surface area contributed by atoms with Gasteiger partial charge in [0.15, 0.2) is 0 Å². The zero-order valence-corrected chi connectivity index (χ0v) is 20.1. The lowest BCUT2D eigenvalue weighted by atomic mass is 9.93. The predicted molar refractivity (Wildman–Crippen MR) is 138 cm³/mol. The first-order valence-corrected chi connectivity index (χ1v) is 12.0. The number of carbonyl (C=O) groups is 1. The smallest absolute Gasteiger partial charge is 0.319 e. The number of benzene rings is 3. The second kappa shape index (κ2) is 13.2. The van der Waals surface area contributed by atoms with Crippen LogP contribution in [0, 0.1) is 0 Å². The van der Waals surface area contributed by atoms with E-state index in [1.165, 1.54) is 16.7 Å². The topological polar surface area (TPSA) is 80.8 Å². The first-order chi connectivity index (χ1) is 16.0. The first kappa shape index (κ1) is 25.1. The highest BCUT2D eigenvalue weighted by atomic mass is 35.5. The molecular formula is C26H31Cl2N4O+. The number of halogens is 2. The van der Waals surface area contributed by atoms with Crippen molar-refractivity contribution in [3.63, 3.8) is 0 Å². The van der Waals surface area contributed by atoms with Crippen molar-refractivity contribution in [1.82, 2.24) is 10.6 Å². The quantitative estimate of drug-likeness (QED) is 0.282. The number of quaternary nitrogens is 1. The minimum atomic E-state index is -0.288. The molecule has 33 heavy (non-hydrogen) atoms. The number of urea groups is 1. The summed E-state index contributed by atoms with van der Waals surface area (Å²) in [6, 6.07) is 23.6. The Morgan fingerprint density at radius 2 is 1.55 bits per heavy atom. The van der Waals surface area contributed by atoms with Gasteiger partial charge in [0, 0.05) is 41.2 Å². The molecule has 7 heteroatoms. The molecule has 1 unspecified atom stereocenters. The Balaban J connectivity index is 1.63. The predicted octanol–water partition coefficient (Wildman–Crippen LogP) is 5.18. The van der Waals surface area contributed by atoms with Crippen molar-refractivity contribution in [3.8, 4) is 11.1 Å². The summed E-state index contributed by atoms with van der Waals surface area (Å²) in [6.45, 7) is 3.26. The normalized spacial score (nSPS) is 11.7. The lowest BCUT2D eigenvalue weighted by Gasteiger charge is -2.19. The molecule has 174 valence electrons. The van der Waals surface area contributed by atoms with E-state index in [1.807, 2.05) is 18.2 Å². The molecule has 0 saturated heterocycles. The maximum absolute atomic E-state index is 12.5. The molecule has 0 heterocycles. The third-order valence-electron chi connectivity index (χ3n) is 5.39. The fourth-order valence-electron chi connectivity index (χ4n) is 3.63. The van der Waals surface area contributed by atoms with Crippen molar-refractivity contribution in [2.45, 2.75) is 18.8 Å². The van der Waals surface area contributed by atoms with Crippen LogP contribution in [0.5, 0.6) is 0 Å². The molecule has 3 aromatic rings. The number of amides is 2. The largest absolute Gasteiger partial charge is 0.358 e. The van der Waals surface area contributed by atoms with Gasteiger partial charge in [-0.3, -0.25) is 0 Å². The van der Waals surface area contributed by atoms with Gasteiger partial charge in [0.25, 0.3) is 0 Å². The van der Waals surface area contributed by atoms with Crippen molar-refractivity contribution in [3.05, 3.63) is 88.4 Å². The molecule has 1 atom stereocenters. The highest BCUT2D eigenvalue weighted by Crippen LogP contribution is 2.25. The molecule has 3 rings (SSSR count). The Morgan fingerprint density at radius 1 is 0.879 bits per heavy atom. The van der Waals surface area contributed by atoms with E-state index >= 15 is 0 Å². The third kappa shape index (κ3) is 8.37. The Labute approximate surface area is 205 Å². The van der Waals surface area contributed by atoms with Crippen molar-refractivity contribution in [2.24, 2.45) is 0 Å². The average Bonchev–Trinajstić information content (AvgIpc) is 2.81. The van der Waals surface area contributed by atoms with E-state index in [4.69, 9.17) is 23.2 Å². The molecule has 0 aliphatic heterocycles. The van der Waals surface area contributed by atoms with Gasteiger partial charge in [-0.1, -0.05) is 77.8 Å². The van der Waals surface area contributed by atoms with Crippen molar-refractivity contribution in [2.75, 3.05) is 31.5 Å². The summed E-state index contributed by atoms with van der Waals surface area (Å²) in [5, 5.41) is 10.2. The molecule has 0 saturated carbocycles. The monoisotopic (exact) mass is 485 g/mol. The second-order valence-corrected chi connectivity index (χ2v) is 8.80. The number of hydrogen-bond acceptors (Lipinski definition) is 2. The van der Waals surface area contributed by atoms with Crippen LogP contribution in [0.4, 0.5) is 10.5 Å². The van der Waals surface area contributed by atoms with E-state index in [-0.39, 0.29) is 11.9 Å². The molecular weight excluding hydrogens is 455 g/mol. The van der Waals surface area contributed by atoms with E-state index in [0.29, 0.717) is 22.3 Å². The minimum Gasteiger partial charge on any atom is -0.358 e. The molecule has 5 nitrogen and oxygen atoms in total. The summed E-state index contributed by atoms with van der Waals surface area (Å²) >= 11 is 12.0. The number of carbonyl (C=O) groups excluding carboxylic acids is 1. The van der Waals surface area contributed by atoms with Crippen LogP contribution in [0.15, 0.2) is 72.8 Å². The second-order valence-electron chi connectivity index (χ2n) is 7.92. The van der Waals surface area contributed by atoms with Gasteiger partial charge in [-0.2, -0.15) is 0 Å². The zero-order chi connectivity index (χ0) is 23.5. The summed E-state index contributed by atoms with van der Waals surface area (Å²) in [6.07, 6.45) is 1.96. The Kier molecular flexibility index (Phi) is 10.0. The molecule has 0 bridgehead atoms. The highest BCUT2D eigenvalue weighted by Gasteiger charge is 2.14. The fraction of sp³-hybridized carbons (Fsp3) is 0.269. The van der Waals surface area contributed by atoms with Gasteiger partial charge in [-0.25, -0.2) is 4.79 Å². The summed E-state index contributed by atoms with van der Waals surface area (Å²) in [4.78, 5) is 12.5. The van der Waals surface area contributed by atoms with E-state index in [2.05, 4.69) is 58.1 Å². The highest BCUT2D eigenvalue weighted by molar-refractivity contribution is 6.35. The molecule has 0 radical (unpaired) electrons. The van der Waals surface area contributed by atoms with E-state index in [9.17, 15) is 4.79 Å². The van der Waals surface area contributed by atoms with Crippen molar-refractivity contribution >= 4 is 34.9 Å². The SMILES string of the molecule is [NH3+]CCCNCCC(CNC(=O)Nc1cc(Cl)cc(Cl)c1)c1ccc(-c2ccccc2)cc1. The number of hydrogen-bond donors (Lipinski definition) is 4. The third-order valence-corrected chi connectivity index (χ3v) is 5.83. The van der Waals surface area contributed by atoms with E-state index in [1.54, 1.807) is 18.2 Å². The number of rotatable bonds is 11. The van der Waals surface area contributed by atoms with Gasteiger partial charge in [0.05, 0.1) is 6.54 Å². The molecule has 6 N–H and O–H groups in total. The first-order valence-electron chi connectivity index (χ1n) is 11.2. The molecule has 0 fully saturated rings. The maximum atomic E-state index is 12.5. The van der Waals surface area contributed by atoms with Crippen LogP contribution >= 0.6 is 23.2 Å². The van der Waals surface area contributed by atoms with Crippen LogP contribution in [0.3, 0.4) is 0 Å². The Hall–Kier alpha value is -2.57. The average molecular weight is 486 g/mol. The van der Waals surface area contributed by atoms with E-state index in [0.717, 1.165) is 32.5 Å². The van der Waals surface area contributed by atoms with E-state index < -0.39 is 0 Å². The molecule has 2 amide bonds. The Morgan fingerprint density at radius 3 is 2.21 bits per heavy atom. The van der Waals surface area contributed by atoms with Crippen LogP contribution in [-0.2, 0) is 0 Å². The fourth-order valence-corrected chi connectivity index (χ4v) is 4.16. The lowest BCUT2D eigenvalue weighted by Crippen LogP contribution is -2.51. The van der Waals surface area contributed by atoms with Gasteiger partial charge >= 0.3 is 6.03 Å². The van der Waals surface area contributed by atoms with Gasteiger partial charge in [0.1, 0.15) is 0 Å². The van der Waals surface area contributed by atoms with Crippen LogP contribution in [0.2, 0.25) is 10.0 Å². The van der Waals surface area contributed by atoms with Gasteiger partial charge in [0.2, 0.25) is 0 Å². The van der Waals surface area contributed by atoms with Crippen LogP contribution < -0.4 is 21.7 Å². The van der Waals surface area contributed by atoms with Crippen LogP contribution in [0.1, 0.15) is 24.3 Å². The van der Waals surface area contributed by atoms with Crippen molar-refractivity contribution in [1.29, 1.82) is 0 Å². The summed E-state index contributed by atoms with van der Waals surface area (Å²) in [5.41, 5.74) is 8.00. The maximum Gasteiger partial charge on any atom is 0.319 e. The minimum absolute atomic E-state index is 0.177. The van der Waals surface area contributed by atoms with Crippen LogP contribution in [0.25, 0.3) is 11.1 Å². The molecule has 0 spiro atoms. The van der Waals surface area contributed by atoms with Crippen molar-refractivity contribution < 1.29 is 10.5 Å². The molecule has 0 aliphatic carbocycles. The lowest BCUT2D eigenvalue weighted by molar-refractivity contribution is -0.367. The van der Waals surface area contributed by atoms with Gasteiger partial charge in [-0.15, -0.1) is 0 Å². The molecule has 0 aliphatic rings. The van der Waals surface area contributed by atoms with Gasteiger partial charge < -0.3 is 21.7 Å². The van der Waals surface area contributed by atoms with Gasteiger partial charge in [-0.05, 0) is 47.9 Å². The Bertz CT molecular complexity index is 992. The summed E-state index contributed by atoms with van der Waals surface area (Å²) in [5.74, 6) is 0.177. The van der Waals surface area contributed by atoms with Crippen LogP contribution in [-0.4, -0.2) is 32.2 Å². The molecule has 3 aromatic carbocycles. The number of nitrogens with one attached hydrogen (secondary N) is 3.